The molecule has 0 aliphatic carbocycles. The molecule has 0 radical (unpaired) electrons. The molecule has 0 fully saturated rings. The van der Waals surface area contributed by atoms with Crippen LogP contribution < -0.4 is 14.8 Å². The van der Waals surface area contributed by atoms with Gasteiger partial charge >= 0.3 is 0 Å². The molecule has 0 atom stereocenters. The lowest BCUT2D eigenvalue weighted by Crippen LogP contribution is -2.14. The predicted molar refractivity (Wildman–Crippen MR) is 115 cm³/mol. The molecule has 2 aromatic carbocycles. The maximum Gasteiger partial charge on any atom is 0.266 e. The van der Waals surface area contributed by atoms with Crippen molar-refractivity contribution in [3.8, 4) is 29.9 Å². The molecule has 0 aliphatic heterocycles. The topological polar surface area (TPSA) is 71.3 Å². The molecule has 0 bridgehead atoms. The van der Waals surface area contributed by atoms with Gasteiger partial charge in [-0.1, -0.05) is 35.2 Å². The summed E-state index contributed by atoms with van der Waals surface area (Å²) in [5, 5.41) is 12.5. The normalized spacial score (nSPS) is 10.6. The molecule has 0 saturated carbocycles. The number of benzene rings is 2. The van der Waals surface area contributed by atoms with Gasteiger partial charge in [-0.25, -0.2) is 0 Å². The summed E-state index contributed by atoms with van der Waals surface area (Å²) in [4.78, 5) is 12.6. The number of carbonyl (C=O) groups is 1. The zero-order chi connectivity index (χ0) is 21.4. The first-order valence-corrected chi connectivity index (χ1v) is 9.30. The summed E-state index contributed by atoms with van der Waals surface area (Å²) in [6.07, 6.45) is 6.67. The van der Waals surface area contributed by atoms with Crippen molar-refractivity contribution < 1.29 is 14.3 Å². The van der Waals surface area contributed by atoms with Gasteiger partial charge in [-0.05, 0) is 56.2 Å². The van der Waals surface area contributed by atoms with Crippen molar-refractivity contribution in [3.05, 3.63) is 57.6 Å². The third-order valence-corrected chi connectivity index (χ3v) is 4.22. The summed E-state index contributed by atoms with van der Waals surface area (Å²) in [5.74, 6) is 2.56. The highest BCUT2D eigenvalue weighted by Crippen LogP contribution is 2.37. The molecule has 148 valence electrons. The Hall–Kier alpha value is -3.41. The Balaban J connectivity index is 2.35. The molecule has 2 rings (SSSR count). The first kappa shape index (κ1) is 21.9. The molecular formula is C23H21ClN2O3. The van der Waals surface area contributed by atoms with Gasteiger partial charge in [0, 0.05) is 5.69 Å². The molecule has 29 heavy (non-hydrogen) atoms. The molecule has 0 heterocycles. The van der Waals surface area contributed by atoms with Gasteiger partial charge in [-0.2, -0.15) is 5.26 Å². The molecule has 2 aromatic rings. The van der Waals surface area contributed by atoms with Crippen LogP contribution in [0.4, 0.5) is 5.69 Å². The predicted octanol–water partition coefficient (Wildman–Crippen LogP) is 4.91. The number of nitrogens with one attached hydrogen (secondary N) is 1. The van der Waals surface area contributed by atoms with Crippen molar-refractivity contribution in [2.75, 3.05) is 18.5 Å². The number of rotatable bonds is 7. The Kier molecular flexibility index (Phi) is 7.71. The average Bonchev–Trinajstić information content (AvgIpc) is 2.67. The van der Waals surface area contributed by atoms with Crippen molar-refractivity contribution in [1.29, 1.82) is 5.26 Å². The third kappa shape index (κ3) is 5.78. The number of nitriles is 1. The molecular weight excluding hydrogens is 388 g/mol. The van der Waals surface area contributed by atoms with Gasteiger partial charge in [0.2, 0.25) is 0 Å². The van der Waals surface area contributed by atoms with Crippen LogP contribution in [0.3, 0.4) is 0 Å². The van der Waals surface area contributed by atoms with Gasteiger partial charge in [-0.3, -0.25) is 4.79 Å². The number of amides is 1. The quantitative estimate of drug-likeness (QED) is 0.401. The zero-order valence-corrected chi connectivity index (χ0v) is 17.3. The van der Waals surface area contributed by atoms with Crippen molar-refractivity contribution in [1.82, 2.24) is 0 Å². The van der Waals surface area contributed by atoms with Crippen LogP contribution in [0.5, 0.6) is 11.5 Å². The Labute approximate surface area is 175 Å². The first-order chi connectivity index (χ1) is 13.9. The molecule has 0 saturated heterocycles. The summed E-state index contributed by atoms with van der Waals surface area (Å²) in [5.41, 5.74) is 3.10. The number of aryl methyl sites for hydroxylation is 2. The molecule has 1 amide bonds. The van der Waals surface area contributed by atoms with Gasteiger partial charge in [0.1, 0.15) is 18.2 Å². The second-order valence-electron chi connectivity index (χ2n) is 6.20. The lowest BCUT2D eigenvalue weighted by molar-refractivity contribution is -0.112. The van der Waals surface area contributed by atoms with Crippen LogP contribution >= 0.6 is 11.6 Å². The minimum absolute atomic E-state index is 0.0384. The largest absolute Gasteiger partial charge is 0.490 e. The van der Waals surface area contributed by atoms with Crippen LogP contribution in [0.2, 0.25) is 5.02 Å². The van der Waals surface area contributed by atoms with Crippen LogP contribution in [-0.2, 0) is 4.79 Å². The SMILES string of the molecule is C#CCOc1c(Cl)cc(/C=C(\C#N)C(=O)Nc2ccc(C)cc2C)cc1OCC. The molecule has 0 aromatic heterocycles. The Bertz CT molecular complexity index is 1030. The van der Waals surface area contributed by atoms with E-state index in [-0.39, 0.29) is 17.2 Å². The van der Waals surface area contributed by atoms with E-state index in [0.717, 1.165) is 11.1 Å². The molecule has 1 N–H and O–H groups in total. The van der Waals surface area contributed by atoms with Crippen molar-refractivity contribution in [2.24, 2.45) is 0 Å². The number of anilines is 1. The van der Waals surface area contributed by atoms with E-state index in [9.17, 15) is 10.1 Å². The summed E-state index contributed by atoms with van der Waals surface area (Å²) in [7, 11) is 0. The van der Waals surface area contributed by atoms with E-state index < -0.39 is 5.91 Å². The van der Waals surface area contributed by atoms with Crippen LogP contribution in [0.1, 0.15) is 23.6 Å². The second kappa shape index (κ2) is 10.2. The fourth-order valence-electron chi connectivity index (χ4n) is 2.65. The molecule has 0 spiro atoms. The summed E-state index contributed by atoms with van der Waals surface area (Å²) < 4.78 is 11.0. The van der Waals surface area contributed by atoms with Crippen LogP contribution in [-0.4, -0.2) is 19.1 Å². The number of carbonyl (C=O) groups excluding carboxylic acids is 1. The average molecular weight is 409 g/mol. The third-order valence-electron chi connectivity index (χ3n) is 3.94. The van der Waals surface area contributed by atoms with Crippen LogP contribution in [0.25, 0.3) is 6.08 Å². The van der Waals surface area contributed by atoms with E-state index in [1.54, 1.807) is 18.2 Å². The van der Waals surface area contributed by atoms with Gasteiger partial charge in [-0.15, -0.1) is 6.42 Å². The molecule has 6 heteroatoms. The van der Waals surface area contributed by atoms with E-state index in [1.165, 1.54) is 6.08 Å². The Morgan fingerprint density at radius 3 is 2.66 bits per heavy atom. The summed E-state index contributed by atoms with van der Waals surface area (Å²) in [6.45, 7) is 6.10. The second-order valence-corrected chi connectivity index (χ2v) is 6.61. The highest BCUT2D eigenvalue weighted by Gasteiger charge is 2.15. The lowest BCUT2D eigenvalue weighted by Gasteiger charge is -2.13. The highest BCUT2D eigenvalue weighted by atomic mass is 35.5. The lowest BCUT2D eigenvalue weighted by atomic mass is 10.1. The molecule has 0 aliphatic rings. The Morgan fingerprint density at radius 2 is 2.03 bits per heavy atom. The molecule has 5 nitrogen and oxygen atoms in total. The van der Waals surface area contributed by atoms with Gasteiger partial charge in [0.25, 0.3) is 5.91 Å². The fourth-order valence-corrected chi connectivity index (χ4v) is 2.92. The Morgan fingerprint density at radius 1 is 1.28 bits per heavy atom. The number of ether oxygens (including phenoxy) is 2. The van der Waals surface area contributed by atoms with E-state index in [1.807, 2.05) is 39.0 Å². The maximum absolute atomic E-state index is 12.6. The van der Waals surface area contributed by atoms with Gasteiger partial charge < -0.3 is 14.8 Å². The van der Waals surface area contributed by atoms with Crippen LogP contribution in [0, 0.1) is 37.5 Å². The minimum atomic E-state index is -0.513. The number of hydrogen-bond acceptors (Lipinski definition) is 4. The highest BCUT2D eigenvalue weighted by molar-refractivity contribution is 6.32. The van der Waals surface area contributed by atoms with Crippen molar-refractivity contribution in [3.63, 3.8) is 0 Å². The van der Waals surface area contributed by atoms with E-state index in [4.69, 9.17) is 27.5 Å². The van der Waals surface area contributed by atoms with Crippen LogP contribution in [0.15, 0.2) is 35.9 Å². The van der Waals surface area contributed by atoms with E-state index >= 15 is 0 Å². The number of nitrogens with zero attached hydrogens (tertiary/aromatic N) is 1. The standard InChI is InChI=1S/C23H21ClN2O3/c1-5-9-29-22-19(24)12-17(13-21(22)28-6-2)11-18(14-25)23(27)26-20-8-7-15(3)10-16(20)4/h1,7-8,10-13H,6,9H2,2-4H3,(H,26,27)/b18-11+. The smallest absolute Gasteiger partial charge is 0.266 e. The van der Waals surface area contributed by atoms with Crippen molar-refractivity contribution in [2.45, 2.75) is 20.8 Å². The number of terminal acetylenes is 1. The zero-order valence-electron chi connectivity index (χ0n) is 16.5. The van der Waals surface area contributed by atoms with E-state index in [2.05, 4.69) is 11.2 Å². The monoisotopic (exact) mass is 408 g/mol. The maximum atomic E-state index is 12.6. The fraction of sp³-hybridized carbons (Fsp3) is 0.217. The summed E-state index contributed by atoms with van der Waals surface area (Å²) in [6, 6.07) is 10.8. The van der Waals surface area contributed by atoms with Gasteiger partial charge in [0.05, 0.1) is 11.6 Å². The van der Waals surface area contributed by atoms with Crippen molar-refractivity contribution >= 4 is 29.3 Å². The van der Waals surface area contributed by atoms with E-state index in [0.29, 0.717) is 29.4 Å². The minimum Gasteiger partial charge on any atom is -0.490 e. The first-order valence-electron chi connectivity index (χ1n) is 8.92. The number of hydrogen-bond donors (Lipinski definition) is 1. The number of halogens is 1. The van der Waals surface area contributed by atoms with Gasteiger partial charge in [0.15, 0.2) is 11.5 Å². The summed E-state index contributed by atoms with van der Waals surface area (Å²) >= 11 is 6.29. The molecule has 0 unspecified atom stereocenters.